The summed E-state index contributed by atoms with van der Waals surface area (Å²) in [5.74, 6) is 1.33. The molecular weight excluding hydrogens is 326 g/mol. The van der Waals surface area contributed by atoms with Crippen molar-refractivity contribution in [1.29, 1.82) is 0 Å². The Morgan fingerprint density at radius 2 is 2.29 bits per heavy atom. The molecule has 0 unspecified atom stereocenters. The van der Waals surface area contributed by atoms with Crippen molar-refractivity contribution in [2.24, 2.45) is 5.10 Å². The van der Waals surface area contributed by atoms with Crippen LogP contribution in [0.4, 0.5) is 10.9 Å². The van der Waals surface area contributed by atoms with Crippen LogP contribution in [0.2, 0.25) is 0 Å². The Morgan fingerprint density at radius 3 is 3.08 bits per heavy atom. The molecule has 0 spiro atoms. The first-order valence-corrected chi connectivity index (χ1v) is 8.70. The van der Waals surface area contributed by atoms with Crippen molar-refractivity contribution in [3.63, 3.8) is 0 Å². The van der Waals surface area contributed by atoms with Gasteiger partial charge in [-0.25, -0.2) is 4.98 Å². The molecule has 2 aromatic rings. The molecule has 0 aliphatic carbocycles. The molecule has 2 heterocycles. The fourth-order valence-electron chi connectivity index (χ4n) is 2.30. The number of hydrogen-bond acceptors (Lipinski definition) is 8. The first-order valence-electron chi connectivity index (χ1n) is 7.83. The molecule has 7 nitrogen and oxygen atoms in total. The van der Waals surface area contributed by atoms with E-state index in [0.717, 1.165) is 44.2 Å². The first-order chi connectivity index (χ1) is 11.8. The van der Waals surface area contributed by atoms with Gasteiger partial charge in [-0.2, -0.15) is 5.10 Å². The van der Waals surface area contributed by atoms with Crippen molar-refractivity contribution in [2.45, 2.75) is 0 Å². The maximum atomic E-state index is 5.83. The van der Waals surface area contributed by atoms with Crippen LogP contribution >= 0.6 is 11.3 Å². The highest BCUT2D eigenvalue weighted by Crippen LogP contribution is 2.16. The Kier molecular flexibility index (Phi) is 6.00. The van der Waals surface area contributed by atoms with E-state index in [1.54, 1.807) is 11.6 Å². The van der Waals surface area contributed by atoms with Crippen LogP contribution < -0.4 is 15.9 Å². The molecular formula is C16H21N5O2S. The van der Waals surface area contributed by atoms with Crippen LogP contribution in [0.1, 0.15) is 5.56 Å². The average Bonchev–Trinajstić information content (AvgIpc) is 3.02. The van der Waals surface area contributed by atoms with Crippen LogP contribution in [0.5, 0.6) is 5.75 Å². The summed E-state index contributed by atoms with van der Waals surface area (Å²) in [5.41, 5.74) is 9.37. The van der Waals surface area contributed by atoms with Gasteiger partial charge in [-0.15, -0.1) is 11.3 Å². The molecule has 128 valence electrons. The average molecular weight is 347 g/mol. The minimum Gasteiger partial charge on any atom is -0.492 e. The van der Waals surface area contributed by atoms with Crippen LogP contribution in [0.3, 0.4) is 0 Å². The van der Waals surface area contributed by atoms with E-state index >= 15 is 0 Å². The Hall–Kier alpha value is -2.16. The molecule has 3 N–H and O–H groups in total. The van der Waals surface area contributed by atoms with Crippen molar-refractivity contribution in [2.75, 3.05) is 50.6 Å². The predicted molar refractivity (Wildman–Crippen MR) is 96.9 cm³/mol. The number of thiazole rings is 1. The van der Waals surface area contributed by atoms with Crippen molar-refractivity contribution in [3.8, 4) is 5.75 Å². The second kappa shape index (κ2) is 8.62. The van der Waals surface area contributed by atoms with E-state index in [2.05, 4.69) is 20.4 Å². The number of benzene rings is 1. The summed E-state index contributed by atoms with van der Waals surface area (Å²) in [4.78, 5) is 6.42. The number of ether oxygens (including phenoxy) is 2. The Labute approximate surface area is 145 Å². The van der Waals surface area contributed by atoms with E-state index < -0.39 is 0 Å². The number of aromatic nitrogens is 1. The van der Waals surface area contributed by atoms with Crippen LogP contribution in [0, 0.1) is 0 Å². The fourth-order valence-corrected chi connectivity index (χ4v) is 2.85. The Morgan fingerprint density at radius 1 is 1.42 bits per heavy atom. The third kappa shape index (κ3) is 5.19. The van der Waals surface area contributed by atoms with Crippen LogP contribution in [-0.4, -0.2) is 55.6 Å². The highest BCUT2D eigenvalue weighted by molar-refractivity contribution is 7.14. The van der Waals surface area contributed by atoms with E-state index in [1.807, 2.05) is 24.3 Å². The summed E-state index contributed by atoms with van der Waals surface area (Å²) in [6, 6.07) is 7.83. The minimum atomic E-state index is 0.494. The summed E-state index contributed by atoms with van der Waals surface area (Å²) < 4.78 is 11.2. The lowest BCUT2D eigenvalue weighted by Gasteiger charge is -2.26. The van der Waals surface area contributed by atoms with Gasteiger partial charge in [0, 0.05) is 25.0 Å². The minimum absolute atomic E-state index is 0.494. The molecule has 1 aromatic carbocycles. The van der Waals surface area contributed by atoms with Gasteiger partial charge < -0.3 is 15.2 Å². The van der Waals surface area contributed by atoms with Crippen molar-refractivity contribution in [3.05, 3.63) is 35.2 Å². The summed E-state index contributed by atoms with van der Waals surface area (Å²) in [6.07, 6.45) is 1.73. The number of nitrogens with zero attached hydrogens (tertiary/aromatic N) is 3. The normalized spacial score (nSPS) is 15.7. The summed E-state index contributed by atoms with van der Waals surface area (Å²) in [6.45, 7) is 5.14. The van der Waals surface area contributed by atoms with Gasteiger partial charge in [0.1, 0.15) is 18.2 Å². The highest BCUT2D eigenvalue weighted by Gasteiger charge is 2.09. The molecule has 24 heavy (non-hydrogen) atoms. The van der Waals surface area contributed by atoms with Gasteiger partial charge in [0.05, 0.1) is 19.4 Å². The molecule has 1 aliphatic heterocycles. The second-order valence-electron chi connectivity index (χ2n) is 5.32. The van der Waals surface area contributed by atoms with E-state index in [9.17, 15) is 0 Å². The number of nitrogens with one attached hydrogen (secondary N) is 1. The second-order valence-corrected chi connectivity index (χ2v) is 6.18. The number of nitrogens with two attached hydrogens (primary N) is 1. The lowest BCUT2D eigenvalue weighted by molar-refractivity contribution is 0.0322. The zero-order valence-corrected chi connectivity index (χ0v) is 14.2. The number of morpholine rings is 1. The molecule has 0 radical (unpaired) electrons. The molecule has 8 heteroatoms. The molecule has 0 bridgehead atoms. The first kappa shape index (κ1) is 16.7. The van der Waals surface area contributed by atoms with Gasteiger partial charge in [-0.1, -0.05) is 12.1 Å². The van der Waals surface area contributed by atoms with Gasteiger partial charge in [-0.05, 0) is 17.7 Å². The van der Waals surface area contributed by atoms with Gasteiger partial charge in [0.2, 0.25) is 5.13 Å². The number of nitrogen functional groups attached to an aromatic ring is 1. The van der Waals surface area contributed by atoms with E-state index in [1.165, 1.54) is 11.3 Å². The molecule has 0 saturated carbocycles. The van der Waals surface area contributed by atoms with Gasteiger partial charge in [0.25, 0.3) is 0 Å². The maximum Gasteiger partial charge on any atom is 0.205 e. The van der Waals surface area contributed by atoms with E-state index in [-0.39, 0.29) is 0 Å². The Balaban J connectivity index is 1.46. The monoisotopic (exact) mass is 347 g/mol. The van der Waals surface area contributed by atoms with Crippen LogP contribution in [0.15, 0.2) is 34.7 Å². The predicted octanol–water partition coefficient (Wildman–Crippen LogP) is 1.88. The number of anilines is 2. The number of hydrogen-bond donors (Lipinski definition) is 2. The smallest absolute Gasteiger partial charge is 0.205 e. The highest BCUT2D eigenvalue weighted by atomic mass is 32.1. The van der Waals surface area contributed by atoms with Crippen molar-refractivity contribution >= 4 is 28.5 Å². The summed E-state index contributed by atoms with van der Waals surface area (Å²) in [5, 5.41) is 6.59. The zero-order valence-electron chi connectivity index (χ0n) is 13.4. The van der Waals surface area contributed by atoms with Crippen molar-refractivity contribution < 1.29 is 9.47 Å². The zero-order chi connectivity index (χ0) is 16.6. The van der Waals surface area contributed by atoms with Crippen LogP contribution in [0.25, 0.3) is 0 Å². The molecule has 1 aliphatic rings. The number of hydrazone groups is 1. The number of rotatable bonds is 7. The lowest BCUT2D eigenvalue weighted by Crippen LogP contribution is -2.38. The van der Waals surface area contributed by atoms with E-state index in [0.29, 0.717) is 17.6 Å². The van der Waals surface area contributed by atoms with E-state index in [4.69, 9.17) is 15.2 Å². The van der Waals surface area contributed by atoms with Crippen LogP contribution in [-0.2, 0) is 4.74 Å². The Bertz CT molecular complexity index is 670. The van der Waals surface area contributed by atoms with Crippen molar-refractivity contribution in [1.82, 2.24) is 9.88 Å². The summed E-state index contributed by atoms with van der Waals surface area (Å²) >= 11 is 1.41. The standard InChI is InChI=1S/C16H21N5O2S/c17-15-12-24-16(19-15)20-18-11-13-2-1-3-14(10-13)23-9-6-21-4-7-22-8-5-21/h1-3,10-12H,4-9,17H2,(H,19,20). The molecule has 1 fully saturated rings. The van der Waals surface area contributed by atoms with Gasteiger partial charge >= 0.3 is 0 Å². The molecule has 0 amide bonds. The molecule has 1 aromatic heterocycles. The topological polar surface area (TPSA) is 85.0 Å². The van der Waals surface area contributed by atoms with Gasteiger partial charge in [0.15, 0.2) is 0 Å². The third-order valence-electron chi connectivity index (χ3n) is 3.53. The lowest BCUT2D eigenvalue weighted by atomic mass is 10.2. The fraction of sp³-hybridized carbons (Fsp3) is 0.375. The largest absolute Gasteiger partial charge is 0.492 e. The summed E-state index contributed by atoms with van der Waals surface area (Å²) in [7, 11) is 0. The third-order valence-corrected chi connectivity index (χ3v) is 4.30. The molecule has 1 saturated heterocycles. The SMILES string of the molecule is Nc1csc(NN=Cc2cccc(OCCN3CCOCC3)c2)n1. The molecule has 0 atom stereocenters. The van der Waals surface area contributed by atoms with Gasteiger partial charge in [-0.3, -0.25) is 10.3 Å². The quantitative estimate of drug-likeness (QED) is 0.588. The molecule has 3 rings (SSSR count). The maximum absolute atomic E-state index is 5.83.